The Labute approximate surface area is 308 Å². The molecule has 0 aliphatic rings. The minimum Gasteiger partial charge on any atom is -0.394 e. The van der Waals surface area contributed by atoms with E-state index in [4.69, 9.17) is 0 Å². The van der Waals surface area contributed by atoms with Gasteiger partial charge in [0.05, 0.1) is 18.8 Å². The van der Waals surface area contributed by atoms with Crippen LogP contribution in [0.5, 0.6) is 0 Å². The SMILES string of the molecule is CCCCCCCCCCCCCCCCCCCCCCCCCCCCCCCCCCCC(=O)NC(CO)C(O)CCCCCC. The Morgan fingerprint density at radius 2 is 0.653 bits per heavy atom. The van der Waals surface area contributed by atoms with Gasteiger partial charge in [-0.25, -0.2) is 0 Å². The smallest absolute Gasteiger partial charge is 0.220 e. The third kappa shape index (κ3) is 38.5. The second kappa shape index (κ2) is 41.8. The molecule has 0 saturated carbocycles. The average molecular weight is 694 g/mol. The molecule has 0 radical (unpaired) electrons. The van der Waals surface area contributed by atoms with Crippen molar-refractivity contribution in [3.8, 4) is 0 Å². The number of hydrogen-bond acceptors (Lipinski definition) is 3. The van der Waals surface area contributed by atoms with Gasteiger partial charge in [0.1, 0.15) is 0 Å². The van der Waals surface area contributed by atoms with E-state index >= 15 is 0 Å². The number of unbranched alkanes of at least 4 members (excludes halogenated alkanes) is 35. The third-order valence-corrected chi connectivity index (χ3v) is 10.9. The van der Waals surface area contributed by atoms with Crippen LogP contribution in [0, 0.1) is 0 Å². The van der Waals surface area contributed by atoms with Crippen LogP contribution in [0.3, 0.4) is 0 Å². The van der Waals surface area contributed by atoms with Gasteiger partial charge in [-0.1, -0.05) is 245 Å². The Hall–Kier alpha value is -0.610. The minimum absolute atomic E-state index is 0.0348. The highest BCUT2D eigenvalue weighted by Crippen LogP contribution is 2.17. The molecule has 0 fully saturated rings. The fourth-order valence-corrected chi connectivity index (χ4v) is 7.36. The van der Waals surface area contributed by atoms with Gasteiger partial charge < -0.3 is 15.5 Å². The summed E-state index contributed by atoms with van der Waals surface area (Å²) in [6.07, 6.45) is 51.2. The Kier molecular flexibility index (Phi) is 41.3. The number of aliphatic hydroxyl groups is 2. The number of carbonyl (C=O) groups is 1. The normalized spacial score (nSPS) is 12.8. The molecule has 0 aromatic carbocycles. The summed E-state index contributed by atoms with van der Waals surface area (Å²) < 4.78 is 0. The highest BCUT2D eigenvalue weighted by Gasteiger charge is 2.19. The van der Waals surface area contributed by atoms with Crippen molar-refractivity contribution < 1.29 is 15.0 Å². The van der Waals surface area contributed by atoms with Crippen LogP contribution in [0.2, 0.25) is 0 Å². The molecular weight excluding hydrogens is 602 g/mol. The summed E-state index contributed by atoms with van der Waals surface area (Å²) in [4.78, 5) is 12.2. The molecule has 1 amide bonds. The van der Waals surface area contributed by atoms with Crippen LogP contribution in [-0.4, -0.2) is 34.9 Å². The van der Waals surface area contributed by atoms with E-state index in [1.165, 1.54) is 205 Å². The summed E-state index contributed by atoms with van der Waals surface area (Å²) in [6.45, 7) is 4.27. The van der Waals surface area contributed by atoms with Gasteiger partial charge in [-0.15, -0.1) is 0 Å². The predicted octanol–water partition coefficient (Wildman–Crippen LogP) is 14.1. The summed E-state index contributed by atoms with van der Waals surface area (Å²) in [6, 6.07) is -0.526. The van der Waals surface area contributed by atoms with E-state index in [2.05, 4.69) is 19.2 Å². The lowest BCUT2D eigenvalue weighted by Crippen LogP contribution is -2.45. The maximum Gasteiger partial charge on any atom is 0.220 e. The van der Waals surface area contributed by atoms with Crippen LogP contribution in [0.25, 0.3) is 0 Å². The molecule has 49 heavy (non-hydrogen) atoms. The van der Waals surface area contributed by atoms with Crippen molar-refractivity contribution in [3.05, 3.63) is 0 Å². The number of aliphatic hydroxyl groups excluding tert-OH is 2. The molecule has 0 aliphatic heterocycles. The van der Waals surface area contributed by atoms with Crippen molar-refractivity contribution >= 4 is 5.91 Å². The zero-order chi connectivity index (χ0) is 35.7. The fourth-order valence-electron chi connectivity index (χ4n) is 7.36. The first-order chi connectivity index (χ1) is 24.2. The molecule has 0 spiro atoms. The molecule has 3 N–H and O–H groups in total. The van der Waals surface area contributed by atoms with E-state index in [9.17, 15) is 15.0 Å². The summed E-state index contributed by atoms with van der Waals surface area (Å²) in [5, 5.41) is 22.7. The number of carbonyl (C=O) groups excluding carboxylic acids is 1. The number of rotatable bonds is 42. The van der Waals surface area contributed by atoms with Crippen molar-refractivity contribution in [1.29, 1.82) is 0 Å². The van der Waals surface area contributed by atoms with Crippen molar-refractivity contribution in [2.24, 2.45) is 0 Å². The lowest BCUT2D eigenvalue weighted by Gasteiger charge is -2.22. The highest BCUT2D eigenvalue weighted by atomic mass is 16.3. The van der Waals surface area contributed by atoms with E-state index in [-0.39, 0.29) is 12.5 Å². The molecule has 0 aromatic heterocycles. The first kappa shape index (κ1) is 48.4. The quantitative estimate of drug-likeness (QED) is 0.0557. The van der Waals surface area contributed by atoms with Crippen LogP contribution >= 0.6 is 0 Å². The van der Waals surface area contributed by atoms with Gasteiger partial charge in [0.15, 0.2) is 0 Å². The van der Waals surface area contributed by atoms with Gasteiger partial charge in [-0.3, -0.25) is 4.79 Å². The van der Waals surface area contributed by atoms with Gasteiger partial charge in [0, 0.05) is 6.42 Å². The van der Waals surface area contributed by atoms with Gasteiger partial charge in [-0.2, -0.15) is 0 Å². The largest absolute Gasteiger partial charge is 0.394 e. The zero-order valence-electron chi connectivity index (χ0n) is 33.7. The van der Waals surface area contributed by atoms with E-state index in [1.54, 1.807) is 0 Å². The Balaban J connectivity index is 3.24. The topological polar surface area (TPSA) is 69.6 Å². The summed E-state index contributed by atoms with van der Waals surface area (Å²) in [7, 11) is 0. The van der Waals surface area contributed by atoms with E-state index in [0.717, 1.165) is 32.1 Å². The van der Waals surface area contributed by atoms with Crippen molar-refractivity contribution in [3.63, 3.8) is 0 Å². The Morgan fingerprint density at radius 3 is 0.918 bits per heavy atom. The van der Waals surface area contributed by atoms with Gasteiger partial charge >= 0.3 is 0 Å². The van der Waals surface area contributed by atoms with Crippen LogP contribution in [0.1, 0.15) is 264 Å². The number of amides is 1. The fraction of sp³-hybridized carbons (Fsp3) is 0.978. The van der Waals surface area contributed by atoms with Crippen molar-refractivity contribution in [2.75, 3.05) is 6.61 Å². The maximum atomic E-state index is 12.2. The number of hydrogen-bond donors (Lipinski definition) is 3. The van der Waals surface area contributed by atoms with E-state index in [0.29, 0.717) is 12.8 Å². The average Bonchev–Trinajstić information content (AvgIpc) is 3.11. The van der Waals surface area contributed by atoms with Crippen LogP contribution in [0.4, 0.5) is 0 Å². The second-order valence-corrected chi connectivity index (χ2v) is 15.8. The summed E-state index contributed by atoms with van der Waals surface area (Å²) in [5.74, 6) is -0.0348. The Morgan fingerprint density at radius 1 is 0.408 bits per heavy atom. The standard InChI is InChI=1S/C45H91NO3/c1-3-5-7-9-10-11-12-13-14-15-16-17-18-19-20-21-22-23-24-25-26-27-28-29-30-31-32-33-34-35-36-37-39-41-45(49)46-43(42-47)44(48)40-38-8-6-4-2/h43-44,47-48H,3-42H2,1-2H3,(H,46,49). The maximum absolute atomic E-state index is 12.2. The van der Waals surface area contributed by atoms with Crippen LogP contribution < -0.4 is 5.32 Å². The molecule has 0 bridgehead atoms. The Bertz CT molecular complexity index is 626. The van der Waals surface area contributed by atoms with E-state index in [1.807, 2.05) is 0 Å². The molecule has 2 unspecified atom stereocenters. The van der Waals surface area contributed by atoms with Gasteiger partial charge in [0.25, 0.3) is 0 Å². The predicted molar refractivity (Wildman–Crippen MR) is 216 cm³/mol. The minimum atomic E-state index is -0.649. The molecule has 0 heterocycles. The molecule has 0 aromatic rings. The lowest BCUT2D eigenvalue weighted by atomic mass is 10.0. The molecule has 0 aliphatic carbocycles. The van der Waals surface area contributed by atoms with Crippen LogP contribution in [0.15, 0.2) is 0 Å². The second-order valence-electron chi connectivity index (χ2n) is 15.8. The lowest BCUT2D eigenvalue weighted by molar-refractivity contribution is -0.123. The zero-order valence-corrected chi connectivity index (χ0v) is 33.7. The first-order valence-electron chi connectivity index (χ1n) is 22.7. The summed E-state index contributed by atoms with van der Waals surface area (Å²) >= 11 is 0. The molecule has 4 heteroatoms. The van der Waals surface area contributed by atoms with Crippen molar-refractivity contribution in [1.82, 2.24) is 5.32 Å². The van der Waals surface area contributed by atoms with E-state index < -0.39 is 12.1 Å². The molecule has 4 nitrogen and oxygen atoms in total. The van der Waals surface area contributed by atoms with Gasteiger partial charge in [0.2, 0.25) is 5.91 Å². The monoisotopic (exact) mass is 694 g/mol. The summed E-state index contributed by atoms with van der Waals surface area (Å²) in [5.41, 5.74) is 0. The molecule has 0 saturated heterocycles. The highest BCUT2D eigenvalue weighted by molar-refractivity contribution is 5.76. The first-order valence-corrected chi connectivity index (χ1v) is 22.7. The van der Waals surface area contributed by atoms with Crippen LogP contribution in [-0.2, 0) is 4.79 Å². The molecule has 2 atom stereocenters. The van der Waals surface area contributed by atoms with Gasteiger partial charge in [-0.05, 0) is 12.8 Å². The van der Waals surface area contributed by atoms with Crippen molar-refractivity contribution in [2.45, 2.75) is 276 Å². The molecular formula is C45H91NO3. The molecule has 294 valence electrons. The number of nitrogens with one attached hydrogen (secondary N) is 1. The molecule has 0 rings (SSSR count). The third-order valence-electron chi connectivity index (χ3n) is 10.9.